The molecule has 0 aliphatic carbocycles. The first-order valence-corrected chi connectivity index (χ1v) is 6.91. The summed E-state index contributed by atoms with van der Waals surface area (Å²) < 4.78 is 0.974. The van der Waals surface area contributed by atoms with Crippen molar-refractivity contribution in [1.29, 1.82) is 0 Å². The first-order chi connectivity index (χ1) is 9.06. The van der Waals surface area contributed by atoms with Crippen molar-refractivity contribution in [3.05, 3.63) is 75.3 Å². The molecule has 0 N–H and O–H groups in total. The standard InChI is InChI=1S/C17H15BrO/c1-12-3-4-14(11-13(12)2)5-10-17(19)15-6-8-16(18)9-7-15/h3-11H,1-2H3. The van der Waals surface area contributed by atoms with Crippen molar-refractivity contribution >= 4 is 27.8 Å². The van der Waals surface area contributed by atoms with E-state index in [4.69, 9.17) is 0 Å². The normalized spacial score (nSPS) is 10.9. The van der Waals surface area contributed by atoms with Crippen molar-refractivity contribution in [3.8, 4) is 0 Å². The largest absolute Gasteiger partial charge is 0.289 e. The van der Waals surface area contributed by atoms with Crippen LogP contribution in [-0.4, -0.2) is 5.78 Å². The van der Waals surface area contributed by atoms with Gasteiger partial charge in [-0.05, 0) is 60.9 Å². The second-order valence-corrected chi connectivity index (χ2v) is 5.46. The quantitative estimate of drug-likeness (QED) is 0.578. The summed E-state index contributed by atoms with van der Waals surface area (Å²) >= 11 is 3.36. The predicted octanol–water partition coefficient (Wildman–Crippen LogP) is 4.96. The molecular formula is C17H15BrO. The smallest absolute Gasteiger partial charge is 0.185 e. The van der Waals surface area contributed by atoms with Crippen molar-refractivity contribution in [1.82, 2.24) is 0 Å². The second-order valence-electron chi connectivity index (χ2n) is 4.55. The molecule has 2 aromatic rings. The van der Waals surface area contributed by atoms with Crippen LogP contribution in [0.15, 0.2) is 53.0 Å². The fourth-order valence-electron chi connectivity index (χ4n) is 1.75. The van der Waals surface area contributed by atoms with Crippen LogP contribution < -0.4 is 0 Å². The third-order valence-electron chi connectivity index (χ3n) is 3.09. The van der Waals surface area contributed by atoms with Crippen LogP contribution in [0.1, 0.15) is 27.0 Å². The van der Waals surface area contributed by atoms with Gasteiger partial charge >= 0.3 is 0 Å². The highest BCUT2D eigenvalue weighted by Gasteiger charge is 2.01. The third-order valence-corrected chi connectivity index (χ3v) is 3.62. The van der Waals surface area contributed by atoms with E-state index in [1.807, 2.05) is 36.4 Å². The van der Waals surface area contributed by atoms with Crippen LogP contribution in [0.4, 0.5) is 0 Å². The highest BCUT2D eigenvalue weighted by Crippen LogP contribution is 2.13. The van der Waals surface area contributed by atoms with Crippen LogP contribution in [-0.2, 0) is 0 Å². The van der Waals surface area contributed by atoms with Gasteiger partial charge in [0, 0.05) is 10.0 Å². The van der Waals surface area contributed by atoms with Crippen LogP contribution in [0.2, 0.25) is 0 Å². The van der Waals surface area contributed by atoms with E-state index in [1.54, 1.807) is 6.08 Å². The minimum absolute atomic E-state index is 0.0192. The van der Waals surface area contributed by atoms with E-state index in [2.05, 4.69) is 41.9 Å². The SMILES string of the molecule is Cc1ccc(C=CC(=O)c2ccc(Br)cc2)cc1C. The van der Waals surface area contributed by atoms with Crippen LogP contribution >= 0.6 is 15.9 Å². The third kappa shape index (κ3) is 3.65. The van der Waals surface area contributed by atoms with Gasteiger partial charge in [-0.15, -0.1) is 0 Å². The minimum atomic E-state index is 0.0192. The van der Waals surface area contributed by atoms with Gasteiger partial charge in [0.15, 0.2) is 5.78 Å². The maximum absolute atomic E-state index is 12.0. The van der Waals surface area contributed by atoms with Gasteiger partial charge in [-0.25, -0.2) is 0 Å². The topological polar surface area (TPSA) is 17.1 Å². The van der Waals surface area contributed by atoms with E-state index in [-0.39, 0.29) is 5.78 Å². The molecule has 0 aliphatic rings. The van der Waals surface area contributed by atoms with Gasteiger partial charge < -0.3 is 0 Å². The molecule has 0 aromatic heterocycles. The molecule has 1 nitrogen and oxygen atoms in total. The molecule has 2 aromatic carbocycles. The Morgan fingerprint density at radius 2 is 1.68 bits per heavy atom. The zero-order chi connectivity index (χ0) is 13.8. The van der Waals surface area contributed by atoms with Crippen molar-refractivity contribution in [2.45, 2.75) is 13.8 Å². The summed E-state index contributed by atoms with van der Waals surface area (Å²) in [7, 11) is 0. The molecule has 0 bridgehead atoms. The zero-order valence-corrected chi connectivity index (χ0v) is 12.6. The molecule has 0 atom stereocenters. The number of rotatable bonds is 3. The van der Waals surface area contributed by atoms with E-state index in [0.29, 0.717) is 5.56 Å². The van der Waals surface area contributed by atoms with Crippen LogP contribution in [0.25, 0.3) is 6.08 Å². The monoisotopic (exact) mass is 314 g/mol. The zero-order valence-electron chi connectivity index (χ0n) is 11.0. The number of carbonyl (C=O) groups excluding carboxylic acids is 1. The summed E-state index contributed by atoms with van der Waals surface area (Å²) in [4.78, 5) is 12.0. The molecule has 0 unspecified atom stereocenters. The van der Waals surface area contributed by atoms with Crippen molar-refractivity contribution in [3.63, 3.8) is 0 Å². The number of benzene rings is 2. The Kier molecular flexibility index (Phi) is 4.33. The maximum atomic E-state index is 12.0. The summed E-state index contributed by atoms with van der Waals surface area (Å²) in [6.45, 7) is 4.15. The van der Waals surface area contributed by atoms with Crippen LogP contribution in [0.5, 0.6) is 0 Å². The lowest BCUT2D eigenvalue weighted by Gasteiger charge is -2.01. The van der Waals surface area contributed by atoms with E-state index < -0.39 is 0 Å². The van der Waals surface area contributed by atoms with E-state index in [9.17, 15) is 4.79 Å². The molecule has 96 valence electrons. The molecule has 0 amide bonds. The summed E-state index contributed by atoms with van der Waals surface area (Å²) in [5.41, 5.74) is 4.24. The lowest BCUT2D eigenvalue weighted by atomic mass is 10.0. The summed E-state index contributed by atoms with van der Waals surface area (Å²) in [5.74, 6) is 0.0192. The number of allylic oxidation sites excluding steroid dienone is 1. The van der Waals surface area contributed by atoms with Gasteiger partial charge in [-0.2, -0.15) is 0 Å². The van der Waals surface area contributed by atoms with E-state index in [1.165, 1.54) is 11.1 Å². The Labute approximate surface area is 122 Å². The summed E-state index contributed by atoms with van der Waals surface area (Å²) in [5, 5.41) is 0. The van der Waals surface area contributed by atoms with Crippen molar-refractivity contribution < 1.29 is 4.79 Å². The number of hydrogen-bond acceptors (Lipinski definition) is 1. The highest BCUT2D eigenvalue weighted by atomic mass is 79.9. The minimum Gasteiger partial charge on any atom is -0.289 e. The Bertz CT molecular complexity index is 624. The number of ketones is 1. The molecule has 0 saturated heterocycles. The molecule has 0 radical (unpaired) electrons. The Balaban J connectivity index is 2.15. The fourth-order valence-corrected chi connectivity index (χ4v) is 2.01. The van der Waals surface area contributed by atoms with Gasteiger partial charge in [0.2, 0.25) is 0 Å². The summed E-state index contributed by atoms with van der Waals surface area (Å²) in [6.07, 6.45) is 3.48. The fraction of sp³-hybridized carbons (Fsp3) is 0.118. The second kappa shape index (κ2) is 5.98. The first-order valence-electron chi connectivity index (χ1n) is 6.11. The molecule has 2 rings (SSSR count). The highest BCUT2D eigenvalue weighted by molar-refractivity contribution is 9.10. The van der Waals surface area contributed by atoms with Gasteiger partial charge in [-0.1, -0.05) is 40.2 Å². The molecule has 0 fully saturated rings. The Hall–Kier alpha value is -1.67. The van der Waals surface area contributed by atoms with Gasteiger partial charge in [0.1, 0.15) is 0 Å². The van der Waals surface area contributed by atoms with Crippen LogP contribution in [0, 0.1) is 13.8 Å². The lowest BCUT2D eigenvalue weighted by molar-refractivity contribution is 0.104. The molecule has 0 heterocycles. The van der Waals surface area contributed by atoms with Crippen molar-refractivity contribution in [2.75, 3.05) is 0 Å². The number of halogens is 1. The van der Waals surface area contributed by atoms with Gasteiger partial charge in [-0.3, -0.25) is 4.79 Å². The lowest BCUT2D eigenvalue weighted by Crippen LogP contribution is -1.93. The van der Waals surface area contributed by atoms with E-state index >= 15 is 0 Å². The Morgan fingerprint density at radius 3 is 2.32 bits per heavy atom. The number of aryl methyl sites for hydroxylation is 2. The van der Waals surface area contributed by atoms with Gasteiger partial charge in [0.05, 0.1) is 0 Å². The molecule has 19 heavy (non-hydrogen) atoms. The molecule has 0 saturated carbocycles. The first kappa shape index (κ1) is 13.8. The summed E-state index contributed by atoms with van der Waals surface area (Å²) in [6, 6.07) is 13.6. The maximum Gasteiger partial charge on any atom is 0.185 e. The molecule has 0 aliphatic heterocycles. The molecular weight excluding hydrogens is 300 g/mol. The number of hydrogen-bond donors (Lipinski definition) is 0. The predicted molar refractivity (Wildman–Crippen MR) is 83.4 cm³/mol. The molecule has 2 heteroatoms. The van der Waals surface area contributed by atoms with Crippen molar-refractivity contribution in [2.24, 2.45) is 0 Å². The van der Waals surface area contributed by atoms with E-state index in [0.717, 1.165) is 10.0 Å². The molecule has 0 spiro atoms. The Morgan fingerprint density at radius 1 is 1.00 bits per heavy atom. The van der Waals surface area contributed by atoms with Crippen LogP contribution in [0.3, 0.4) is 0 Å². The number of carbonyl (C=O) groups is 1. The average molecular weight is 315 g/mol. The average Bonchev–Trinajstić information content (AvgIpc) is 2.40. The van der Waals surface area contributed by atoms with Gasteiger partial charge in [0.25, 0.3) is 0 Å².